The highest BCUT2D eigenvalue weighted by molar-refractivity contribution is 6.03. The second kappa shape index (κ2) is 6.52. The molecule has 2 rings (SSSR count). The number of anilines is 1. The fourth-order valence-corrected chi connectivity index (χ4v) is 2.47. The predicted molar refractivity (Wildman–Crippen MR) is 76.6 cm³/mol. The van der Waals surface area contributed by atoms with Crippen LogP contribution in [0.5, 0.6) is 0 Å². The number of benzene rings is 1. The van der Waals surface area contributed by atoms with Crippen molar-refractivity contribution in [1.29, 1.82) is 0 Å². The first kappa shape index (κ1) is 14.5. The molecule has 0 saturated heterocycles. The third kappa shape index (κ3) is 2.82. The van der Waals surface area contributed by atoms with Crippen molar-refractivity contribution in [1.82, 2.24) is 5.32 Å². The zero-order valence-electron chi connectivity index (χ0n) is 11.9. The van der Waals surface area contributed by atoms with E-state index < -0.39 is 6.04 Å². The molecule has 1 aromatic rings. The zero-order chi connectivity index (χ0) is 14.5. The largest absolute Gasteiger partial charge is 0.383 e. The molecule has 0 bridgehead atoms. The van der Waals surface area contributed by atoms with Gasteiger partial charge < -0.3 is 10.1 Å². The first-order valence-electron chi connectivity index (χ1n) is 6.85. The maximum atomic E-state index is 12.3. The first-order chi connectivity index (χ1) is 9.69. The van der Waals surface area contributed by atoms with E-state index in [1.807, 2.05) is 31.2 Å². The van der Waals surface area contributed by atoms with E-state index >= 15 is 0 Å². The second-order valence-corrected chi connectivity index (χ2v) is 4.75. The minimum atomic E-state index is -0.447. The number of para-hydroxylation sites is 1. The topological polar surface area (TPSA) is 58.6 Å². The Balaban J connectivity index is 2.17. The number of nitrogens with one attached hydrogen (secondary N) is 1. The monoisotopic (exact) mass is 276 g/mol. The Morgan fingerprint density at radius 1 is 1.40 bits per heavy atom. The highest BCUT2D eigenvalue weighted by Crippen LogP contribution is 2.32. The van der Waals surface area contributed by atoms with E-state index in [2.05, 4.69) is 5.32 Å². The number of carbonyl (C=O) groups excluding carboxylic acids is 2. The summed E-state index contributed by atoms with van der Waals surface area (Å²) in [7, 11) is 1.59. The minimum Gasteiger partial charge on any atom is -0.383 e. The van der Waals surface area contributed by atoms with Crippen LogP contribution in [0.15, 0.2) is 24.3 Å². The van der Waals surface area contributed by atoms with Gasteiger partial charge in [-0.1, -0.05) is 25.1 Å². The number of ether oxygens (including phenoxy) is 1. The number of nitrogens with zero attached hydrogens (tertiary/aromatic N) is 1. The van der Waals surface area contributed by atoms with Crippen LogP contribution in [0, 0.1) is 0 Å². The fraction of sp³-hybridized carbons (Fsp3) is 0.467. The lowest BCUT2D eigenvalue weighted by molar-refractivity contribution is -0.126. The van der Waals surface area contributed by atoms with Gasteiger partial charge >= 0.3 is 0 Å². The quantitative estimate of drug-likeness (QED) is 0.820. The van der Waals surface area contributed by atoms with Gasteiger partial charge in [0.2, 0.25) is 11.8 Å². The lowest BCUT2D eigenvalue weighted by Gasteiger charge is -2.24. The number of fused-ring (bicyclic) bond motifs is 1. The van der Waals surface area contributed by atoms with E-state index in [0.717, 1.165) is 11.3 Å². The number of rotatable bonds is 5. The minimum absolute atomic E-state index is 0.0261. The summed E-state index contributed by atoms with van der Waals surface area (Å²) in [4.78, 5) is 26.0. The number of carbonyl (C=O) groups is 2. The molecule has 0 aliphatic carbocycles. The van der Waals surface area contributed by atoms with Crippen molar-refractivity contribution in [3.63, 3.8) is 0 Å². The van der Waals surface area contributed by atoms with E-state index in [-0.39, 0.29) is 11.8 Å². The highest BCUT2D eigenvalue weighted by Gasteiger charge is 2.37. The molecule has 1 aromatic carbocycles. The molecule has 1 aliphatic rings. The van der Waals surface area contributed by atoms with Gasteiger partial charge in [0, 0.05) is 32.2 Å². The summed E-state index contributed by atoms with van der Waals surface area (Å²) in [6, 6.07) is 7.23. The average molecular weight is 276 g/mol. The molecule has 1 heterocycles. The summed E-state index contributed by atoms with van der Waals surface area (Å²) in [5.74, 6) is -0.151. The van der Waals surface area contributed by atoms with Gasteiger partial charge in [-0.3, -0.25) is 14.5 Å². The van der Waals surface area contributed by atoms with Crippen LogP contribution in [-0.2, 0) is 20.7 Å². The predicted octanol–water partition coefficient (Wildman–Crippen LogP) is 1.12. The van der Waals surface area contributed by atoms with Crippen molar-refractivity contribution >= 4 is 17.5 Å². The summed E-state index contributed by atoms with van der Waals surface area (Å²) in [5, 5.41) is 2.81. The molecule has 2 amide bonds. The molecule has 20 heavy (non-hydrogen) atoms. The smallest absolute Gasteiger partial charge is 0.243 e. The van der Waals surface area contributed by atoms with Crippen LogP contribution in [-0.4, -0.2) is 38.1 Å². The second-order valence-electron chi connectivity index (χ2n) is 4.75. The highest BCUT2D eigenvalue weighted by atomic mass is 16.5. The lowest BCUT2D eigenvalue weighted by atomic mass is 10.1. The number of hydrogen-bond acceptors (Lipinski definition) is 3. The Labute approximate surface area is 118 Å². The Morgan fingerprint density at radius 2 is 2.15 bits per heavy atom. The van der Waals surface area contributed by atoms with Crippen molar-refractivity contribution < 1.29 is 14.3 Å². The Hall–Kier alpha value is -1.88. The molecule has 5 heteroatoms. The van der Waals surface area contributed by atoms with Crippen LogP contribution >= 0.6 is 0 Å². The van der Waals surface area contributed by atoms with Crippen LogP contribution in [0.25, 0.3) is 0 Å². The molecule has 0 spiro atoms. The standard InChI is InChI=1S/C15H20N2O3/c1-3-14(18)17-12-7-5-4-6-11(12)10-13(17)15(19)16-8-9-20-2/h4-7,13H,3,8-10H2,1-2H3,(H,16,19)/t13-/m1/s1. The molecule has 1 N–H and O–H groups in total. The van der Waals surface area contributed by atoms with Crippen LogP contribution in [0.1, 0.15) is 18.9 Å². The molecule has 5 nitrogen and oxygen atoms in total. The third-order valence-electron chi connectivity index (χ3n) is 3.46. The van der Waals surface area contributed by atoms with E-state index in [1.165, 1.54) is 0 Å². The number of hydrogen-bond donors (Lipinski definition) is 1. The molecule has 108 valence electrons. The Kier molecular flexibility index (Phi) is 4.74. The van der Waals surface area contributed by atoms with Crippen LogP contribution in [0.4, 0.5) is 5.69 Å². The molecule has 0 fully saturated rings. The molecular weight excluding hydrogens is 256 g/mol. The van der Waals surface area contributed by atoms with E-state index in [0.29, 0.717) is 26.0 Å². The van der Waals surface area contributed by atoms with Gasteiger partial charge in [0.1, 0.15) is 6.04 Å². The van der Waals surface area contributed by atoms with Crippen LogP contribution < -0.4 is 10.2 Å². The van der Waals surface area contributed by atoms with Gasteiger partial charge in [-0.2, -0.15) is 0 Å². The molecular formula is C15H20N2O3. The molecule has 0 radical (unpaired) electrons. The van der Waals surface area contributed by atoms with Gasteiger partial charge in [-0.25, -0.2) is 0 Å². The lowest BCUT2D eigenvalue weighted by Crippen LogP contribution is -2.48. The van der Waals surface area contributed by atoms with E-state index in [4.69, 9.17) is 4.74 Å². The van der Waals surface area contributed by atoms with Gasteiger partial charge in [-0.15, -0.1) is 0 Å². The van der Waals surface area contributed by atoms with Gasteiger partial charge in [0.15, 0.2) is 0 Å². The maximum Gasteiger partial charge on any atom is 0.243 e. The summed E-state index contributed by atoms with van der Waals surface area (Å²) < 4.78 is 4.92. The van der Waals surface area contributed by atoms with E-state index in [1.54, 1.807) is 12.0 Å². The zero-order valence-corrected chi connectivity index (χ0v) is 11.9. The first-order valence-corrected chi connectivity index (χ1v) is 6.85. The third-order valence-corrected chi connectivity index (χ3v) is 3.46. The number of methoxy groups -OCH3 is 1. The van der Waals surface area contributed by atoms with Gasteiger partial charge in [0.05, 0.1) is 6.61 Å². The van der Waals surface area contributed by atoms with Crippen molar-refractivity contribution in [2.45, 2.75) is 25.8 Å². The molecule has 1 atom stereocenters. The average Bonchev–Trinajstić information content (AvgIpc) is 2.86. The van der Waals surface area contributed by atoms with Crippen molar-refractivity contribution in [3.8, 4) is 0 Å². The van der Waals surface area contributed by atoms with E-state index in [9.17, 15) is 9.59 Å². The van der Waals surface area contributed by atoms with Crippen molar-refractivity contribution in [2.24, 2.45) is 0 Å². The van der Waals surface area contributed by atoms with Crippen molar-refractivity contribution in [3.05, 3.63) is 29.8 Å². The Bertz CT molecular complexity index is 502. The summed E-state index contributed by atoms with van der Waals surface area (Å²) in [5.41, 5.74) is 1.90. The van der Waals surface area contributed by atoms with Gasteiger partial charge in [0.25, 0.3) is 0 Å². The van der Waals surface area contributed by atoms with Crippen LogP contribution in [0.3, 0.4) is 0 Å². The molecule has 1 aliphatic heterocycles. The van der Waals surface area contributed by atoms with Crippen molar-refractivity contribution in [2.75, 3.05) is 25.2 Å². The molecule has 0 saturated carbocycles. The summed E-state index contributed by atoms with van der Waals surface area (Å²) in [6.07, 6.45) is 0.955. The molecule has 0 aromatic heterocycles. The maximum absolute atomic E-state index is 12.3. The Morgan fingerprint density at radius 3 is 2.85 bits per heavy atom. The fourth-order valence-electron chi connectivity index (χ4n) is 2.47. The summed E-state index contributed by atoms with van der Waals surface area (Å²) >= 11 is 0. The van der Waals surface area contributed by atoms with Crippen LogP contribution in [0.2, 0.25) is 0 Å². The van der Waals surface area contributed by atoms with Gasteiger partial charge in [-0.05, 0) is 11.6 Å². The normalized spacial score (nSPS) is 16.9. The molecule has 0 unspecified atom stereocenters. The summed E-state index contributed by atoms with van der Waals surface area (Å²) in [6.45, 7) is 2.73. The SMILES string of the molecule is CCC(=O)N1c2ccccc2C[C@@H]1C(=O)NCCOC. The number of amides is 2.